The summed E-state index contributed by atoms with van der Waals surface area (Å²) < 4.78 is 7.73. The first kappa shape index (κ1) is 22.9. The van der Waals surface area contributed by atoms with Crippen LogP contribution in [0.4, 0.5) is 10.7 Å². The van der Waals surface area contributed by atoms with Gasteiger partial charge in [-0.3, -0.25) is 4.98 Å². The second-order valence-corrected chi connectivity index (χ2v) is 10.4. The number of hydrogen-bond acceptors (Lipinski definition) is 8. The smallest absolute Gasteiger partial charge is 0.414 e. The van der Waals surface area contributed by atoms with Gasteiger partial charge >= 0.3 is 6.03 Å². The van der Waals surface area contributed by atoms with Crippen LogP contribution in [0.25, 0.3) is 11.0 Å². The first-order chi connectivity index (χ1) is 16.3. The number of pyridine rings is 1. The lowest BCUT2D eigenvalue weighted by Gasteiger charge is -2.40. The van der Waals surface area contributed by atoms with Crippen molar-refractivity contribution in [3.8, 4) is 5.75 Å². The molecule has 0 aromatic carbocycles. The van der Waals surface area contributed by atoms with Crippen molar-refractivity contribution in [1.29, 1.82) is 0 Å². The minimum absolute atomic E-state index is 0.0151. The van der Waals surface area contributed by atoms with Gasteiger partial charge in [-0.2, -0.15) is 10.1 Å². The van der Waals surface area contributed by atoms with E-state index in [1.165, 1.54) is 0 Å². The zero-order chi connectivity index (χ0) is 24.2. The summed E-state index contributed by atoms with van der Waals surface area (Å²) in [6.07, 6.45) is 4.43. The van der Waals surface area contributed by atoms with Crippen molar-refractivity contribution < 1.29 is 14.0 Å². The van der Waals surface area contributed by atoms with E-state index in [1.54, 1.807) is 18.9 Å². The lowest BCUT2D eigenvalue weighted by atomic mass is 10.1. The first-order valence-corrected chi connectivity index (χ1v) is 12.6. The van der Waals surface area contributed by atoms with Gasteiger partial charge in [-0.05, 0) is 20.8 Å². The molecule has 4 N–H and O–H groups in total. The number of hydrogen-bond donors (Lipinski definition) is 2. The lowest BCUT2D eigenvalue weighted by molar-refractivity contribution is -0.881. The summed E-state index contributed by atoms with van der Waals surface area (Å²) in [7, 11) is 1.67. The van der Waals surface area contributed by atoms with Gasteiger partial charge in [0.1, 0.15) is 16.8 Å². The van der Waals surface area contributed by atoms with Crippen LogP contribution in [0.2, 0.25) is 0 Å². The predicted molar refractivity (Wildman–Crippen MR) is 131 cm³/mol. The maximum atomic E-state index is 12.8. The van der Waals surface area contributed by atoms with Crippen molar-refractivity contribution in [3.63, 3.8) is 0 Å². The molecule has 0 saturated carbocycles. The summed E-state index contributed by atoms with van der Waals surface area (Å²) in [5.41, 5.74) is 16.5. The summed E-state index contributed by atoms with van der Waals surface area (Å²) in [5.74, 6) is 1.76. The van der Waals surface area contributed by atoms with Crippen molar-refractivity contribution in [2.75, 3.05) is 25.1 Å². The molecule has 0 aliphatic carbocycles. The van der Waals surface area contributed by atoms with E-state index in [-0.39, 0.29) is 24.1 Å². The van der Waals surface area contributed by atoms with Crippen molar-refractivity contribution in [2.45, 2.75) is 63.7 Å². The molecule has 0 radical (unpaired) electrons. The number of ether oxygens (including phenoxy) is 1. The second-order valence-electron chi connectivity index (χ2n) is 9.39. The van der Waals surface area contributed by atoms with Gasteiger partial charge in [0.15, 0.2) is 5.65 Å². The van der Waals surface area contributed by atoms with Crippen molar-refractivity contribution >= 4 is 34.8 Å². The molecule has 1 fully saturated rings. The van der Waals surface area contributed by atoms with Gasteiger partial charge in [-0.1, -0.05) is 11.8 Å². The number of anilines is 1. The van der Waals surface area contributed by atoms with E-state index in [1.807, 2.05) is 24.7 Å². The van der Waals surface area contributed by atoms with Crippen LogP contribution < -0.4 is 16.2 Å². The lowest BCUT2D eigenvalue weighted by Crippen LogP contribution is -2.64. The van der Waals surface area contributed by atoms with Crippen LogP contribution in [0.3, 0.4) is 0 Å². The largest absolute Gasteiger partial charge is 0.496 e. The average Bonchev–Trinajstić information content (AvgIpc) is 3.28. The zero-order valence-corrected chi connectivity index (χ0v) is 20.9. The van der Waals surface area contributed by atoms with E-state index in [0.717, 1.165) is 63.8 Å². The van der Waals surface area contributed by atoms with Gasteiger partial charge < -0.3 is 16.2 Å². The van der Waals surface area contributed by atoms with Crippen LogP contribution in [-0.4, -0.2) is 66.7 Å². The molecule has 2 amide bonds. The molecule has 2 aliphatic rings. The third-order valence-corrected chi connectivity index (χ3v) is 8.66. The van der Waals surface area contributed by atoms with E-state index in [2.05, 4.69) is 21.9 Å². The van der Waals surface area contributed by atoms with E-state index in [9.17, 15) is 4.79 Å². The van der Waals surface area contributed by atoms with Crippen LogP contribution in [0, 0.1) is 13.8 Å². The Morgan fingerprint density at radius 3 is 2.82 bits per heavy atom. The Morgan fingerprint density at radius 1 is 1.35 bits per heavy atom. The monoisotopic (exact) mass is 483 g/mol. The molecule has 11 heteroatoms. The molecule has 0 spiro atoms. The molecule has 2 unspecified atom stereocenters. The molecule has 10 nitrogen and oxygen atoms in total. The normalized spacial score (nSPS) is 24.4. The number of carbonyl (C=O) groups is 1. The summed E-state index contributed by atoms with van der Waals surface area (Å²) in [4.78, 5) is 26.5. The fraction of sp³-hybridized carbons (Fsp3) is 0.522. The average molecular weight is 484 g/mol. The summed E-state index contributed by atoms with van der Waals surface area (Å²) in [6, 6.07) is -0.0550. The van der Waals surface area contributed by atoms with Crippen LogP contribution in [-0.2, 0) is 13.0 Å². The van der Waals surface area contributed by atoms with Gasteiger partial charge in [0.25, 0.3) is 0 Å². The van der Waals surface area contributed by atoms with E-state index < -0.39 is 0 Å². The number of thioether (sulfide) groups is 1. The van der Waals surface area contributed by atoms with Gasteiger partial charge in [0.05, 0.1) is 48.8 Å². The predicted octanol–water partition coefficient (Wildman–Crippen LogP) is 2.57. The Bertz CT molecular complexity index is 1290. The van der Waals surface area contributed by atoms with Gasteiger partial charge in [-0.25, -0.2) is 18.9 Å². The van der Waals surface area contributed by atoms with E-state index in [4.69, 9.17) is 21.3 Å². The number of quaternary nitrogens is 1. The van der Waals surface area contributed by atoms with Gasteiger partial charge in [-0.15, -0.1) is 0 Å². The van der Waals surface area contributed by atoms with Crippen molar-refractivity contribution in [3.05, 3.63) is 28.7 Å². The molecular weight excluding hydrogens is 452 g/mol. The molecule has 3 aromatic heterocycles. The first-order valence-electron chi connectivity index (χ1n) is 11.6. The Morgan fingerprint density at radius 2 is 2.15 bits per heavy atom. The Balaban J connectivity index is 1.60. The Labute approximate surface area is 202 Å². The quantitative estimate of drug-likeness (QED) is 0.427. The highest BCUT2D eigenvalue weighted by Gasteiger charge is 2.51. The number of nitrogen functional groups attached to an aromatic ring is 1. The minimum Gasteiger partial charge on any atom is -0.496 e. The topological polar surface area (TPSA) is 135 Å². The standard InChI is InChI=1S/C23H30N8O2S/c1-12-9-26-17(14(3)19(12)33-4)10-30-20-18-16(29-30)8-15(11-34-21(18)28-22(24)27-20)31(23(25)32)7-5-6-13(31)2/h9,13,15H,5-8,10-11H2,1-4H3,(H3-,24,25,27,28,29,32)/p+1/t13-,15?,31?/m1/s1. The summed E-state index contributed by atoms with van der Waals surface area (Å²) in [6.45, 7) is 7.30. The molecule has 5 rings (SSSR count). The van der Waals surface area contributed by atoms with Crippen LogP contribution >= 0.6 is 11.8 Å². The molecular formula is C23H31N8O2S+. The number of nitrogens with zero attached hydrogens (tertiary/aromatic N) is 6. The van der Waals surface area contributed by atoms with E-state index >= 15 is 0 Å². The third-order valence-electron chi connectivity index (χ3n) is 7.54. The molecule has 5 heterocycles. The zero-order valence-electron chi connectivity index (χ0n) is 20.0. The molecule has 1 saturated heterocycles. The maximum absolute atomic E-state index is 12.8. The summed E-state index contributed by atoms with van der Waals surface area (Å²) in [5, 5.41) is 6.70. The number of nitrogens with two attached hydrogens (primary N) is 2. The van der Waals surface area contributed by atoms with Crippen molar-refractivity contribution in [1.82, 2.24) is 24.7 Å². The number of likely N-dealkylation sites (tertiary alicyclic amines) is 1. The Kier molecular flexibility index (Phi) is 5.64. The number of rotatable bonds is 4. The molecule has 2 aliphatic heterocycles. The van der Waals surface area contributed by atoms with Gasteiger partial charge in [0.2, 0.25) is 5.95 Å². The van der Waals surface area contributed by atoms with Gasteiger partial charge in [0, 0.05) is 36.6 Å². The highest BCUT2D eigenvalue weighted by molar-refractivity contribution is 7.99. The number of amides is 2. The van der Waals surface area contributed by atoms with Crippen LogP contribution in [0.5, 0.6) is 5.75 Å². The van der Waals surface area contributed by atoms with Crippen LogP contribution in [0.1, 0.15) is 42.3 Å². The number of primary amides is 1. The highest BCUT2D eigenvalue weighted by atomic mass is 32.2. The third kappa shape index (κ3) is 3.40. The molecule has 3 atom stereocenters. The molecule has 0 bridgehead atoms. The van der Waals surface area contributed by atoms with E-state index in [0.29, 0.717) is 23.1 Å². The number of methoxy groups -OCH3 is 1. The molecule has 3 aromatic rings. The van der Waals surface area contributed by atoms with Crippen LogP contribution in [0.15, 0.2) is 11.2 Å². The summed E-state index contributed by atoms with van der Waals surface area (Å²) >= 11 is 1.62. The highest BCUT2D eigenvalue weighted by Crippen LogP contribution is 2.40. The Hall–Kier alpha value is -2.92. The number of aryl methyl sites for hydroxylation is 1. The maximum Gasteiger partial charge on any atom is 0.414 e. The molecule has 180 valence electrons. The number of urea groups is 1. The SMILES string of the molecule is COc1c(C)cnc(Cn2nc3c4c(nc(N)nc42)SCC([N+]2(C(N)=O)CCC[C@H]2C)C3)c1C. The number of aromatic nitrogens is 5. The van der Waals surface area contributed by atoms with Crippen molar-refractivity contribution in [2.24, 2.45) is 5.73 Å². The fourth-order valence-electron chi connectivity index (χ4n) is 5.76. The molecule has 34 heavy (non-hydrogen) atoms. The number of carbonyl (C=O) groups excluding carboxylic acids is 1. The minimum atomic E-state index is -0.255. The fourth-order valence-corrected chi connectivity index (χ4v) is 7.00. The second kappa shape index (κ2) is 8.38.